The molecule has 0 aliphatic heterocycles. The molecule has 31 heavy (non-hydrogen) atoms. The molecule has 2 aromatic heterocycles. The van der Waals surface area contributed by atoms with Crippen molar-refractivity contribution in [2.45, 2.75) is 13.3 Å². The van der Waals surface area contributed by atoms with E-state index >= 15 is 0 Å². The molecule has 0 saturated carbocycles. The van der Waals surface area contributed by atoms with Crippen LogP contribution in [0.25, 0.3) is 17.1 Å². The number of aromatic amines is 1. The number of hydrazone groups is 1. The minimum Gasteiger partial charge on any atom is -0.406 e. The summed E-state index contributed by atoms with van der Waals surface area (Å²) in [6.45, 7) is 1.89. The van der Waals surface area contributed by atoms with Crippen molar-refractivity contribution in [3.63, 3.8) is 0 Å². The van der Waals surface area contributed by atoms with Crippen LogP contribution >= 0.6 is 11.3 Å². The van der Waals surface area contributed by atoms with E-state index in [1.807, 2.05) is 36.6 Å². The van der Waals surface area contributed by atoms with E-state index in [0.717, 1.165) is 16.7 Å². The maximum atomic E-state index is 12.3. The van der Waals surface area contributed by atoms with E-state index in [4.69, 9.17) is 0 Å². The summed E-state index contributed by atoms with van der Waals surface area (Å²) in [5.41, 5.74) is 6.62. The van der Waals surface area contributed by atoms with Crippen molar-refractivity contribution in [1.82, 2.24) is 15.0 Å². The van der Waals surface area contributed by atoms with Gasteiger partial charge in [0.1, 0.15) is 11.5 Å². The average Bonchev–Trinajstić information content (AvgIpc) is 3.34. The van der Waals surface area contributed by atoms with Gasteiger partial charge in [0.25, 0.3) is 0 Å². The summed E-state index contributed by atoms with van der Waals surface area (Å²) in [5.74, 6) is 0.256. The first kappa shape index (κ1) is 20.6. The number of ether oxygens (including phenoxy) is 1. The molecule has 0 aliphatic carbocycles. The Kier molecular flexibility index (Phi) is 5.72. The Morgan fingerprint density at radius 2 is 1.90 bits per heavy atom. The number of H-pyrrole nitrogens is 1. The molecule has 2 N–H and O–H groups in total. The molecule has 0 unspecified atom stereocenters. The number of nitrogens with one attached hydrogen (secondary N) is 2. The van der Waals surface area contributed by atoms with Crippen molar-refractivity contribution in [2.75, 3.05) is 5.43 Å². The summed E-state index contributed by atoms with van der Waals surface area (Å²) in [4.78, 5) is 12.1. The van der Waals surface area contributed by atoms with Crippen LogP contribution < -0.4 is 10.2 Å². The van der Waals surface area contributed by atoms with Crippen molar-refractivity contribution in [2.24, 2.45) is 5.10 Å². The normalized spacial score (nSPS) is 12.6. The van der Waals surface area contributed by atoms with E-state index in [9.17, 15) is 13.2 Å². The third kappa shape index (κ3) is 5.48. The Hall–Kier alpha value is -3.66. The summed E-state index contributed by atoms with van der Waals surface area (Å²) in [5, 5.41) is 6.95. The number of allylic oxidation sites excluding steroid dienone is 1. The number of halogens is 3. The fourth-order valence-corrected chi connectivity index (χ4v) is 3.34. The van der Waals surface area contributed by atoms with E-state index in [1.165, 1.54) is 35.6 Å². The van der Waals surface area contributed by atoms with Crippen molar-refractivity contribution in [3.05, 3.63) is 77.1 Å². The van der Waals surface area contributed by atoms with Gasteiger partial charge in [-0.1, -0.05) is 30.3 Å². The van der Waals surface area contributed by atoms with Gasteiger partial charge in [0.15, 0.2) is 5.82 Å². The highest BCUT2D eigenvalue weighted by molar-refractivity contribution is 7.13. The lowest BCUT2D eigenvalue weighted by molar-refractivity contribution is -0.274. The number of rotatable bonds is 6. The SMILES string of the molecule is Cc1csc(N/N=C(/C=C/c2ccc(OC(F)(F)F)cc2)c2nc3ccccc3[nH]2)n1. The van der Waals surface area contributed by atoms with Crippen molar-refractivity contribution in [3.8, 4) is 5.75 Å². The van der Waals surface area contributed by atoms with Crippen LogP contribution in [0.3, 0.4) is 0 Å². The van der Waals surface area contributed by atoms with E-state index < -0.39 is 6.36 Å². The van der Waals surface area contributed by atoms with E-state index in [1.54, 1.807) is 12.2 Å². The average molecular weight is 443 g/mol. The standard InChI is InChI=1S/C21H16F3N5OS/c1-13-12-31-20(25-13)29-28-18(19-26-16-4-2-3-5-17(16)27-19)11-8-14-6-9-15(10-7-14)30-21(22,23)24/h2-12H,1H3,(H,25,29)(H,26,27)/b11-8+,28-18-. The molecule has 0 saturated heterocycles. The zero-order valence-corrected chi connectivity index (χ0v) is 17.0. The van der Waals surface area contributed by atoms with E-state index in [-0.39, 0.29) is 5.75 Å². The van der Waals surface area contributed by atoms with Crippen LogP contribution in [0, 0.1) is 6.92 Å². The van der Waals surface area contributed by atoms with Gasteiger partial charge in [-0.3, -0.25) is 5.43 Å². The molecule has 6 nitrogen and oxygen atoms in total. The number of hydrogen-bond acceptors (Lipinski definition) is 6. The molecule has 0 bridgehead atoms. The van der Waals surface area contributed by atoms with Gasteiger partial charge in [0.05, 0.1) is 16.7 Å². The predicted octanol–water partition coefficient (Wildman–Crippen LogP) is 5.76. The number of benzene rings is 2. The van der Waals surface area contributed by atoms with Crippen LogP contribution in [0.4, 0.5) is 18.3 Å². The van der Waals surface area contributed by atoms with Crippen LogP contribution in [0.1, 0.15) is 17.1 Å². The molecule has 0 aliphatic rings. The maximum Gasteiger partial charge on any atom is 0.573 e. The zero-order valence-electron chi connectivity index (χ0n) is 16.1. The second kappa shape index (κ2) is 8.60. The molecular weight excluding hydrogens is 427 g/mol. The molecular formula is C21H16F3N5OS. The van der Waals surface area contributed by atoms with Gasteiger partial charge in [-0.15, -0.1) is 24.5 Å². The summed E-state index contributed by atoms with van der Waals surface area (Å²) in [7, 11) is 0. The maximum absolute atomic E-state index is 12.3. The Balaban J connectivity index is 1.60. The summed E-state index contributed by atoms with van der Waals surface area (Å²) in [6, 6.07) is 13.1. The summed E-state index contributed by atoms with van der Waals surface area (Å²) < 4.78 is 40.9. The lowest BCUT2D eigenvalue weighted by Gasteiger charge is -2.08. The van der Waals surface area contributed by atoms with Crippen molar-refractivity contribution < 1.29 is 17.9 Å². The number of nitrogens with zero attached hydrogens (tertiary/aromatic N) is 3. The van der Waals surface area contributed by atoms with Gasteiger partial charge in [-0.2, -0.15) is 5.10 Å². The smallest absolute Gasteiger partial charge is 0.406 e. The molecule has 0 spiro atoms. The number of aromatic nitrogens is 3. The van der Waals surface area contributed by atoms with Crippen LogP contribution in [0.5, 0.6) is 5.75 Å². The first-order chi connectivity index (χ1) is 14.9. The molecule has 0 radical (unpaired) electrons. The number of imidazole rings is 1. The summed E-state index contributed by atoms with van der Waals surface area (Å²) in [6.07, 6.45) is -1.29. The number of hydrogen-bond donors (Lipinski definition) is 2. The molecule has 2 aromatic carbocycles. The third-order valence-electron chi connectivity index (χ3n) is 4.07. The van der Waals surface area contributed by atoms with Crippen LogP contribution in [-0.2, 0) is 0 Å². The number of thiazole rings is 1. The third-order valence-corrected chi connectivity index (χ3v) is 4.94. The Bertz CT molecular complexity index is 1210. The molecule has 4 rings (SSSR count). The van der Waals surface area contributed by atoms with Gasteiger partial charge >= 0.3 is 6.36 Å². The summed E-state index contributed by atoms with van der Waals surface area (Å²) >= 11 is 1.42. The van der Waals surface area contributed by atoms with Crippen LogP contribution in [-0.4, -0.2) is 27.0 Å². The predicted molar refractivity (Wildman–Crippen MR) is 115 cm³/mol. The minimum atomic E-state index is -4.72. The van der Waals surface area contributed by atoms with Crippen LogP contribution in [0.2, 0.25) is 0 Å². The van der Waals surface area contributed by atoms with Gasteiger partial charge < -0.3 is 9.72 Å². The quantitative estimate of drug-likeness (QED) is 0.294. The van der Waals surface area contributed by atoms with Gasteiger partial charge in [0.2, 0.25) is 5.13 Å². The number of aryl methyl sites for hydroxylation is 1. The number of para-hydroxylation sites is 2. The second-order valence-corrected chi connectivity index (χ2v) is 7.31. The number of anilines is 1. The molecule has 0 amide bonds. The lowest BCUT2D eigenvalue weighted by Crippen LogP contribution is -2.16. The largest absolute Gasteiger partial charge is 0.573 e. The fourth-order valence-electron chi connectivity index (χ4n) is 2.71. The topological polar surface area (TPSA) is 75.2 Å². The van der Waals surface area contributed by atoms with Crippen molar-refractivity contribution >= 4 is 39.3 Å². The van der Waals surface area contributed by atoms with E-state index in [0.29, 0.717) is 22.2 Å². The molecule has 0 fully saturated rings. The fraction of sp³-hybridized carbons (Fsp3) is 0.0952. The highest BCUT2D eigenvalue weighted by atomic mass is 32.1. The monoisotopic (exact) mass is 443 g/mol. The molecule has 0 atom stereocenters. The first-order valence-electron chi connectivity index (χ1n) is 9.10. The molecule has 4 aromatic rings. The van der Waals surface area contributed by atoms with Gasteiger partial charge in [-0.05, 0) is 42.8 Å². The Morgan fingerprint density at radius 3 is 2.58 bits per heavy atom. The number of alkyl halides is 3. The van der Waals surface area contributed by atoms with Crippen LogP contribution in [0.15, 0.2) is 65.1 Å². The highest BCUT2D eigenvalue weighted by Crippen LogP contribution is 2.23. The van der Waals surface area contributed by atoms with Gasteiger partial charge in [-0.25, -0.2) is 9.97 Å². The van der Waals surface area contributed by atoms with Gasteiger partial charge in [0, 0.05) is 5.38 Å². The number of fused-ring (bicyclic) bond motifs is 1. The Labute approximate surface area is 179 Å². The van der Waals surface area contributed by atoms with Crippen molar-refractivity contribution in [1.29, 1.82) is 0 Å². The highest BCUT2D eigenvalue weighted by Gasteiger charge is 2.30. The lowest BCUT2D eigenvalue weighted by atomic mass is 10.2. The second-order valence-electron chi connectivity index (χ2n) is 6.46. The molecule has 10 heteroatoms. The molecule has 2 heterocycles. The Morgan fingerprint density at radius 1 is 1.13 bits per heavy atom. The van der Waals surface area contributed by atoms with E-state index in [2.05, 4.69) is 30.2 Å². The minimum absolute atomic E-state index is 0.281. The zero-order chi connectivity index (χ0) is 21.8. The molecule has 158 valence electrons. The first-order valence-corrected chi connectivity index (χ1v) is 9.98.